The molecular formula is C22H17Cl2N3OS2. The number of pyridine rings is 1. The van der Waals surface area contributed by atoms with Gasteiger partial charge >= 0.3 is 0 Å². The number of halogens is 2. The Morgan fingerprint density at radius 1 is 1.07 bits per heavy atom. The number of carbonyl (C=O) groups is 1. The topological polar surface area (TPSA) is 46.1 Å². The molecule has 0 aliphatic heterocycles. The number of hydrogen-bond donors (Lipinski definition) is 0. The summed E-state index contributed by atoms with van der Waals surface area (Å²) < 4.78 is 0.956. The predicted octanol–water partition coefficient (Wildman–Crippen LogP) is 6.71. The van der Waals surface area contributed by atoms with Crippen LogP contribution in [-0.4, -0.2) is 21.6 Å². The van der Waals surface area contributed by atoms with Crippen molar-refractivity contribution in [3.05, 3.63) is 82.6 Å². The highest BCUT2D eigenvalue weighted by molar-refractivity contribution is 7.99. The van der Waals surface area contributed by atoms with Gasteiger partial charge < -0.3 is 0 Å². The number of carbonyl (C=O) groups excluding carboxylic acids is 1. The van der Waals surface area contributed by atoms with E-state index in [4.69, 9.17) is 23.2 Å². The molecule has 0 radical (unpaired) electrons. The van der Waals surface area contributed by atoms with E-state index in [1.54, 1.807) is 29.1 Å². The average Bonchev–Trinajstić information content (AvgIpc) is 3.17. The molecule has 2 aromatic heterocycles. The van der Waals surface area contributed by atoms with Gasteiger partial charge in [-0.2, -0.15) is 0 Å². The Morgan fingerprint density at radius 3 is 2.63 bits per heavy atom. The fourth-order valence-electron chi connectivity index (χ4n) is 2.86. The van der Waals surface area contributed by atoms with Gasteiger partial charge in [0, 0.05) is 39.5 Å². The number of aromatic nitrogens is 2. The average molecular weight is 474 g/mol. The number of anilines is 1. The van der Waals surface area contributed by atoms with Gasteiger partial charge in [0.05, 0.1) is 16.8 Å². The molecule has 2 heterocycles. The van der Waals surface area contributed by atoms with Gasteiger partial charge in [-0.3, -0.25) is 14.7 Å². The molecule has 0 atom stereocenters. The summed E-state index contributed by atoms with van der Waals surface area (Å²) >= 11 is 15.1. The third-order valence-electron chi connectivity index (χ3n) is 4.33. The van der Waals surface area contributed by atoms with E-state index in [1.165, 1.54) is 11.3 Å². The molecule has 0 bridgehead atoms. The second kappa shape index (κ2) is 9.79. The number of fused-ring (bicyclic) bond motifs is 1. The minimum atomic E-state index is 0.0190. The standard InChI is InChI=1S/C22H17Cl2N3OS2/c23-16-3-6-18(7-4-16)29-11-9-21(28)27(14-15-2-1-10-25-13-15)22-26-19-8-5-17(24)12-20(19)30-22/h1-8,10,12-13H,9,11,14H2. The van der Waals surface area contributed by atoms with Gasteiger partial charge in [0.25, 0.3) is 0 Å². The molecule has 2 aromatic carbocycles. The molecule has 0 aliphatic carbocycles. The van der Waals surface area contributed by atoms with Crippen LogP contribution in [0, 0.1) is 0 Å². The van der Waals surface area contributed by atoms with E-state index in [1.807, 2.05) is 54.6 Å². The lowest BCUT2D eigenvalue weighted by atomic mass is 10.2. The molecule has 4 rings (SSSR count). The van der Waals surface area contributed by atoms with Gasteiger partial charge in [-0.25, -0.2) is 4.98 Å². The van der Waals surface area contributed by atoms with Crippen molar-refractivity contribution in [2.45, 2.75) is 17.9 Å². The van der Waals surface area contributed by atoms with Crippen LogP contribution in [0.25, 0.3) is 10.2 Å². The molecule has 152 valence electrons. The lowest BCUT2D eigenvalue weighted by Crippen LogP contribution is -2.30. The Balaban J connectivity index is 1.52. The number of hydrogen-bond acceptors (Lipinski definition) is 5. The van der Waals surface area contributed by atoms with Crippen LogP contribution in [0.15, 0.2) is 71.9 Å². The summed E-state index contributed by atoms with van der Waals surface area (Å²) in [7, 11) is 0. The molecule has 0 fully saturated rings. The van der Waals surface area contributed by atoms with Crippen LogP contribution >= 0.6 is 46.3 Å². The Hall–Kier alpha value is -2.12. The number of rotatable bonds is 7. The van der Waals surface area contributed by atoms with Crippen molar-refractivity contribution >= 4 is 67.6 Å². The first kappa shape index (κ1) is 21.1. The van der Waals surface area contributed by atoms with Gasteiger partial charge in [-0.05, 0) is 54.1 Å². The molecule has 0 saturated carbocycles. The smallest absolute Gasteiger partial charge is 0.229 e. The van der Waals surface area contributed by atoms with Crippen LogP contribution in [0.2, 0.25) is 10.0 Å². The van der Waals surface area contributed by atoms with Crippen LogP contribution in [0.4, 0.5) is 5.13 Å². The molecule has 1 amide bonds. The maximum absolute atomic E-state index is 13.1. The van der Waals surface area contributed by atoms with E-state index in [0.29, 0.717) is 33.9 Å². The third-order valence-corrected chi connectivity index (χ3v) is 6.87. The highest BCUT2D eigenvalue weighted by atomic mass is 35.5. The second-order valence-corrected chi connectivity index (χ2v) is 9.55. The van der Waals surface area contributed by atoms with Gasteiger partial charge in [-0.15, -0.1) is 11.8 Å². The minimum Gasteiger partial charge on any atom is -0.284 e. The number of amides is 1. The van der Waals surface area contributed by atoms with E-state index in [-0.39, 0.29) is 5.91 Å². The summed E-state index contributed by atoms with van der Waals surface area (Å²) in [5, 5.41) is 2.02. The normalized spacial score (nSPS) is 11.0. The largest absolute Gasteiger partial charge is 0.284 e. The summed E-state index contributed by atoms with van der Waals surface area (Å²) in [6.45, 7) is 0.422. The zero-order valence-electron chi connectivity index (χ0n) is 15.8. The maximum Gasteiger partial charge on any atom is 0.229 e. The highest BCUT2D eigenvalue weighted by Gasteiger charge is 2.20. The van der Waals surface area contributed by atoms with Crippen molar-refractivity contribution in [3.8, 4) is 0 Å². The molecule has 4 nitrogen and oxygen atoms in total. The molecule has 0 saturated heterocycles. The Kier molecular flexibility index (Phi) is 6.89. The summed E-state index contributed by atoms with van der Waals surface area (Å²) in [6, 6.07) is 17.0. The first-order valence-corrected chi connectivity index (χ1v) is 11.8. The van der Waals surface area contributed by atoms with E-state index < -0.39 is 0 Å². The van der Waals surface area contributed by atoms with Gasteiger partial charge in [-0.1, -0.05) is 40.6 Å². The number of benzene rings is 2. The van der Waals surface area contributed by atoms with E-state index in [9.17, 15) is 4.79 Å². The molecule has 0 aliphatic rings. The molecule has 30 heavy (non-hydrogen) atoms. The van der Waals surface area contributed by atoms with Gasteiger partial charge in [0.2, 0.25) is 5.91 Å². The Bertz CT molecular complexity index is 1150. The van der Waals surface area contributed by atoms with Crippen molar-refractivity contribution < 1.29 is 4.79 Å². The summed E-state index contributed by atoms with van der Waals surface area (Å²) in [5.41, 5.74) is 1.78. The van der Waals surface area contributed by atoms with Crippen molar-refractivity contribution in [1.82, 2.24) is 9.97 Å². The van der Waals surface area contributed by atoms with Crippen molar-refractivity contribution in [2.24, 2.45) is 0 Å². The van der Waals surface area contributed by atoms with Crippen LogP contribution in [0.1, 0.15) is 12.0 Å². The first-order chi connectivity index (χ1) is 14.6. The zero-order valence-corrected chi connectivity index (χ0v) is 18.9. The monoisotopic (exact) mass is 473 g/mol. The molecule has 0 N–H and O–H groups in total. The van der Waals surface area contributed by atoms with Crippen LogP contribution < -0.4 is 4.90 Å². The van der Waals surface area contributed by atoms with Crippen LogP contribution in [0.5, 0.6) is 0 Å². The molecule has 8 heteroatoms. The van der Waals surface area contributed by atoms with Crippen molar-refractivity contribution in [3.63, 3.8) is 0 Å². The lowest BCUT2D eigenvalue weighted by molar-refractivity contribution is -0.118. The number of thioether (sulfide) groups is 1. The molecular weight excluding hydrogens is 457 g/mol. The summed E-state index contributed by atoms with van der Waals surface area (Å²) in [4.78, 5) is 24.8. The SMILES string of the molecule is O=C(CCSc1ccc(Cl)cc1)N(Cc1cccnc1)c1nc2ccc(Cl)cc2s1. The quantitative estimate of drug-likeness (QED) is 0.279. The number of thiazole rings is 1. The van der Waals surface area contributed by atoms with Crippen LogP contribution in [0.3, 0.4) is 0 Å². The van der Waals surface area contributed by atoms with Gasteiger partial charge in [0.1, 0.15) is 0 Å². The van der Waals surface area contributed by atoms with Crippen molar-refractivity contribution in [2.75, 3.05) is 10.7 Å². The molecule has 0 unspecified atom stereocenters. The van der Waals surface area contributed by atoms with E-state index in [0.717, 1.165) is 20.7 Å². The molecule has 4 aromatic rings. The lowest BCUT2D eigenvalue weighted by Gasteiger charge is -2.20. The van der Waals surface area contributed by atoms with E-state index >= 15 is 0 Å². The van der Waals surface area contributed by atoms with Crippen molar-refractivity contribution in [1.29, 1.82) is 0 Å². The summed E-state index contributed by atoms with van der Waals surface area (Å²) in [6.07, 6.45) is 3.88. The first-order valence-electron chi connectivity index (χ1n) is 9.22. The Labute approximate surface area is 192 Å². The zero-order chi connectivity index (χ0) is 20.9. The Morgan fingerprint density at radius 2 is 1.87 bits per heavy atom. The number of nitrogens with zero attached hydrogens (tertiary/aromatic N) is 3. The predicted molar refractivity (Wildman–Crippen MR) is 127 cm³/mol. The van der Waals surface area contributed by atoms with E-state index in [2.05, 4.69) is 9.97 Å². The van der Waals surface area contributed by atoms with Gasteiger partial charge in [0.15, 0.2) is 5.13 Å². The molecule has 0 spiro atoms. The second-order valence-electron chi connectivity index (χ2n) is 6.50. The fraction of sp³-hybridized carbons (Fsp3) is 0.136. The van der Waals surface area contributed by atoms with Crippen LogP contribution in [-0.2, 0) is 11.3 Å². The highest BCUT2D eigenvalue weighted by Crippen LogP contribution is 2.32. The fourth-order valence-corrected chi connectivity index (χ4v) is 5.09. The summed E-state index contributed by atoms with van der Waals surface area (Å²) in [5.74, 6) is 0.686. The minimum absolute atomic E-state index is 0.0190. The third kappa shape index (κ3) is 5.32. The maximum atomic E-state index is 13.1.